The molecule has 1 aromatic rings. The summed E-state index contributed by atoms with van der Waals surface area (Å²) in [5.41, 5.74) is 1.61. The van der Waals surface area contributed by atoms with Crippen molar-refractivity contribution in [3.05, 3.63) is 17.5 Å². The number of likely N-dealkylation sites (N-methyl/N-ethyl adjacent to an activating group) is 1. The third-order valence-corrected chi connectivity index (χ3v) is 4.88. The van der Waals surface area contributed by atoms with Gasteiger partial charge in [0, 0.05) is 24.3 Å². The lowest BCUT2D eigenvalue weighted by molar-refractivity contribution is 0.0649. The van der Waals surface area contributed by atoms with Gasteiger partial charge in [0.1, 0.15) is 0 Å². The molecule has 0 saturated carbocycles. The van der Waals surface area contributed by atoms with Crippen LogP contribution in [-0.2, 0) is 0 Å². The molecule has 2 atom stereocenters. The maximum atomic E-state index is 12.7. The summed E-state index contributed by atoms with van der Waals surface area (Å²) >= 11 is 0. The Bertz CT molecular complexity index is 484. The number of aromatic nitrogens is 2. The number of aryl methyl sites for hydroxylation is 1. The first-order valence-electron chi connectivity index (χ1n) is 7.77. The second kappa shape index (κ2) is 5.56. The quantitative estimate of drug-likeness (QED) is 0.916. The van der Waals surface area contributed by atoms with E-state index in [-0.39, 0.29) is 5.91 Å². The lowest BCUT2D eigenvalue weighted by Crippen LogP contribution is -2.48. The molecule has 0 spiro atoms. The van der Waals surface area contributed by atoms with E-state index in [9.17, 15) is 4.79 Å². The first-order chi connectivity index (χ1) is 9.72. The highest BCUT2D eigenvalue weighted by atomic mass is 16.2. The molecule has 1 aromatic heterocycles. The zero-order valence-corrected chi connectivity index (χ0v) is 12.4. The van der Waals surface area contributed by atoms with Crippen LogP contribution in [0.25, 0.3) is 0 Å². The number of amides is 1. The maximum Gasteiger partial charge on any atom is 0.257 e. The van der Waals surface area contributed by atoms with E-state index in [4.69, 9.17) is 0 Å². The third-order valence-electron chi connectivity index (χ3n) is 4.88. The molecule has 2 aliphatic heterocycles. The maximum absolute atomic E-state index is 12.7. The summed E-state index contributed by atoms with van der Waals surface area (Å²) in [6, 6.07) is 0.943. The van der Waals surface area contributed by atoms with Crippen LogP contribution in [0.2, 0.25) is 0 Å². The molecular formula is C15H24N4O. The highest BCUT2D eigenvalue weighted by molar-refractivity contribution is 5.95. The lowest BCUT2D eigenvalue weighted by Gasteiger charge is -2.34. The molecule has 20 heavy (non-hydrogen) atoms. The molecule has 2 aliphatic rings. The van der Waals surface area contributed by atoms with Gasteiger partial charge in [0.15, 0.2) is 0 Å². The highest BCUT2D eigenvalue weighted by Crippen LogP contribution is 2.31. The highest BCUT2D eigenvalue weighted by Gasteiger charge is 2.39. The molecule has 3 rings (SSSR count). The summed E-state index contributed by atoms with van der Waals surface area (Å²) in [7, 11) is 0. The van der Waals surface area contributed by atoms with Crippen LogP contribution in [0.15, 0.2) is 6.20 Å². The van der Waals surface area contributed by atoms with Crippen molar-refractivity contribution in [2.45, 2.75) is 51.6 Å². The van der Waals surface area contributed by atoms with Crippen LogP contribution in [0.5, 0.6) is 0 Å². The zero-order valence-electron chi connectivity index (χ0n) is 12.4. The molecule has 2 fully saturated rings. The first kappa shape index (κ1) is 13.6. The van der Waals surface area contributed by atoms with Gasteiger partial charge in [0.25, 0.3) is 5.91 Å². The Balaban J connectivity index is 1.79. The summed E-state index contributed by atoms with van der Waals surface area (Å²) in [4.78, 5) is 17.4. The fourth-order valence-electron chi connectivity index (χ4n) is 3.85. The van der Waals surface area contributed by atoms with Crippen LogP contribution in [-0.4, -0.2) is 57.6 Å². The topological polar surface area (TPSA) is 52.2 Å². The van der Waals surface area contributed by atoms with Crippen molar-refractivity contribution in [2.24, 2.45) is 0 Å². The molecule has 2 unspecified atom stereocenters. The Labute approximate surface area is 120 Å². The van der Waals surface area contributed by atoms with E-state index in [1.807, 2.05) is 6.92 Å². The third kappa shape index (κ3) is 2.24. The largest absolute Gasteiger partial charge is 0.334 e. The van der Waals surface area contributed by atoms with E-state index in [0.717, 1.165) is 37.2 Å². The molecule has 2 saturated heterocycles. The van der Waals surface area contributed by atoms with Gasteiger partial charge < -0.3 is 4.90 Å². The van der Waals surface area contributed by atoms with E-state index < -0.39 is 0 Å². The number of likely N-dealkylation sites (tertiary alicyclic amines) is 2. The minimum Gasteiger partial charge on any atom is -0.334 e. The molecular weight excluding hydrogens is 252 g/mol. The van der Waals surface area contributed by atoms with Gasteiger partial charge in [0.2, 0.25) is 0 Å². The number of H-pyrrole nitrogens is 1. The van der Waals surface area contributed by atoms with Gasteiger partial charge in [0.05, 0.1) is 11.8 Å². The Kier molecular flexibility index (Phi) is 3.78. The SMILES string of the molecule is CCN1CCCC1C1CCCN1C(=O)c1cn[nH]c1C. The number of rotatable bonds is 3. The van der Waals surface area contributed by atoms with Gasteiger partial charge in [-0.05, 0) is 45.7 Å². The summed E-state index contributed by atoms with van der Waals surface area (Å²) in [5, 5.41) is 6.85. The molecule has 0 aromatic carbocycles. The van der Waals surface area contributed by atoms with E-state index in [1.165, 1.54) is 19.4 Å². The summed E-state index contributed by atoms with van der Waals surface area (Å²) in [6.07, 6.45) is 6.43. The van der Waals surface area contributed by atoms with E-state index in [1.54, 1.807) is 6.20 Å². The molecule has 1 amide bonds. The Morgan fingerprint density at radius 2 is 2.10 bits per heavy atom. The minimum absolute atomic E-state index is 0.154. The first-order valence-corrected chi connectivity index (χ1v) is 7.77. The number of aromatic amines is 1. The number of carbonyl (C=O) groups excluding carboxylic acids is 1. The predicted octanol–water partition coefficient (Wildman–Crippen LogP) is 1.81. The molecule has 110 valence electrons. The lowest BCUT2D eigenvalue weighted by atomic mass is 10.0. The van der Waals surface area contributed by atoms with Crippen LogP contribution in [0, 0.1) is 6.92 Å². The molecule has 3 heterocycles. The average Bonchev–Trinajstić information content (AvgIpc) is 3.17. The fraction of sp³-hybridized carbons (Fsp3) is 0.733. The number of nitrogens with one attached hydrogen (secondary N) is 1. The standard InChI is InChI=1S/C15H24N4O/c1-3-18-8-4-6-13(18)14-7-5-9-19(14)15(20)12-10-16-17-11(12)2/h10,13-14H,3-9H2,1-2H3,(H,16,17). The zero-order chi connectivity index (χ0) is 14.1. The number of nitrogens with zero attached hydrogens (tertiary/aromatic N) is 3. The molecule has 5 nitrogen and oxygen atoms in total. The van der Waals surface area contributed by atoms with Crippen molar-refractivity contribution in [1.29, 1.82) is 0 Å². The summed E-state index contributed by atoms with van der Waals surface area (Å²) in [5.74, 6) is 0.154. The fourth-order valence-corrected chi connectivity index (χ4v) is 3.85. The van der Waals surface area contributed by atoms with Gasteiger partial charge in [-0.25, -0.2) is 0 Å². The van der Waals surface area contributed by atoms with Crippen LogP contribution >= 0.6 is 0 Å². The second-order valence-electron chi connectivity index (χ2n) is 5.95. The number of hydrogen-bond acceptors (Lipinski definition) is 3. The number of hydrogen-bond donors (Lipinski definition) is 1. The van der Waals surface area contributed by atoms with Crippen LogP contribution in [0.4, 0.5) is 0 Å². The van der Waals surface area contributed by atoms with Gasteiger partial charge >= 0.3 is 0 Å². The number of carbonyl (C=O) groups is 1. The van der Waals surface area contributed by atoms with Gasteiger partial charge in [-0.1, -0.05) is 6.92 Å². The second-order valence-corrected chi connectivity index (χ2v) is 5.95. The van der Waals surface area contributed by atoms with E-state index in [2.05, 4.69) is 26.9 Å². The van der Waals surface area contributed by atoms with Gasteiger partial charge in [-0.15, -0.1) is 0 Å². The van der Waals surface area contributed by atoms with Crippen LogP contribution in [0.1, 0.15) is 48.7 Å². The van der Waals surface area contributed by atoms with E-state index >= 15 is 0 Å². The molecule has 0 radical (unpaired) electrons. The Morgan fingerprint density at radius 3 is 2.80 bits per heavy atom. The van der Waals surface area contributed by atoms with Crippen molar-refractivity contribution in [3.63, 3.8) is 0 Å². The predicted molar refractivity (Wildman–Crippen MR) is 77.7 cm³/mol. The molecule has 0 bridgehead atoms. The molecule has 5 heteroatoms. The summed E-state index contributed by atoms with van der Waals surface area (Å²) in [6.45, 7) is 7.30. The minimum atomic E-state index is 0.154. The van der Waals surface area contributed by atoms with Gasteiger partial charge in [-0.2, -0.15) is 5.10 Å². The average molecular weight is 276 g/mol. The van der Waals surface area contributed by atoms with E-state index in [0.29, 0.717) is 12.1 Å². The van der Waals surface area contributed by atoms with Crippen molar-refractivity contribution in [2.75, 3.05) is 19.6 Å². The smallest absolute Gasteiger partial charge is 0.257 e. The molecule has 1 N–H and O–H groups in total. The van der Waals surface area contributed by atoms with Crippen LogP contribution < -0.4 is 0 Å². The van der Waals surface area contributed by atoms with Crippen molar-refractivity contribution in [1.82, 2.24) is 20.0 Å². The summed E-state index contributed by atoms with van der Waals surface area (Å²) < 4.78 is 0. The normalized spacial score (nSPS) is 27.4. The Hall–Kier alpha value is -1.36. The van der Waals surface area contributed by atoms with Crippen molar-refractivity contribution >= 4 is 5.91 Å². The Morgan fingerprint density at radius 1 is 1.35 bits per heavy atom. The molecule has 0 aliphatic carbocycles. The van der Waals surface area contributed by atoms with Crippen molar-refractivity contribution in [3.8, 4) is 0 Å². The van der Waals surface area contributed by atoms with Crippen molar-refractivity contribution < 1.29 is 4.79 Å². The monoisotopic (exact) mass is 276 g/mol. The van der Waals surface area contributed by atoms with Crippen LogP contribution in [0.3, 0.4) is 0 Å². The van der Waals surface area contributed by atoms with Gasteiger partial charge in [-0.3, -0.25) is 14.8 Å².